The van der Waals surface area contributed by atoms with Crippen LogP contribution in [0, 0.1) is 5.92 Å². The van der Waals surface area contributed by atoms with Gasteiger partial charge in [-0.05, 0) is 30.4 Å². The molecule has 0 unspecified atom stereocenters. The second-order valence-electron chi connectivity index (χ2n) is 8.03. The maximum Gasteiger partial charge on any atom is 0.230 e. The third-order valence-corrected chi connectivity index (χ3v) is 6.69. The Morgan fingerprint density at radius 3 is 2.56 bits per heavy atom. The Balaban J connectivity index is 1.72. The maximum atomic E-state index is 13.4. The highest BCUT2D eigenvalue weighted by Gasteiger charge is 2.43. The lowest BCUT2D eigenvalue weighted by Crippen LogP contribution is -2.54. The van der Waals surface area contributed by atoms with Gasteiger partial charge in [-0.3, -0.25) is 14.7 Å². The van der Waals surface area contributed by atoms with Crippen molar-refractivity contribution in [1.82, 2.24) is 15.2 Å². The molecule has 0 spiro atoms. The largest absolute Gasteiger partial charge is 0.379 e. The number of hydrogen-bond donors (Lipinski definition) is 1. The summed E-state index contributed by atoms with van der Waals surface area (Å²) in [6.07, 6.45) is 10.0. The Labute approximate surface area is 163 Å². The van der Waals surface area contributed by atoms with Crippen LogP contribution in [0.25, 0.3) is 0 Å². The predicted octanol–water partition coefficient (Wildman–Crippen LogP) is 3.15. The lowest BCUT2D eigenvalue weighted by Gasteiger charge is -2.39. The van der Waals surface area contributed by atoms with E-state index in [9.17, 15) is 4.79 Å². The Bertz CT molecular complexity index is 576. The number of pyridine rings is 1. The van der Waals surface area contributed by atoms with Crippen molar-refractivity contribution in [3.63, 3.8) is 0 Å². The highest BCUT2D eigenvalue weighted by Crippen LogP contribution is 2.41. The van der Waals surface area contributed by atoms with Gasteiger partial charge in [-0.2, -0.15) is 0 Å². The van der Waals surface area contributed by atoms with Gasteiger partial charge in [0.1, 0.15) is 0 Å². The van der Waals surface area contributed by atoms with Crippen molar-refractivity contribution in [2.75, 3.05) is 32.8 Å². The SMILES string of the molecule is CCC(CC)[C@@H](CNC(=O)C1(c2cccnc2)CCCC1)N1CCOCC1. The van der Waals surface area contributed by atoms with Gasteiger partial charge in [0, 0.05) is 38.1 Å². The number of carbonyl (C=O) groups excluding carboxylic acids is 1. The first-order chi connectivity index (χ1) is 13.2. The van der Waals surface area contributed by atoms with Crippen LogP contribution < -0.4 is 5.32 Å². The van der Waals surface area contributed by atoms with Crippen molar-refractivity contribution in [2.24, 2.45) is 5.92 Å². The van der Waals surface area contributed by atoms with E-state index < -0.39 is 5.41 Å². The Kier molecular flexibility index (Phi) is 7.25. The highest BCUT2D eigenvalue weighted by atomic mass is 16.5. The minimum Gasteiger partial charge on any atom is -0.379 e. The average molecular weight is 374 g/mol. The molecule has 0 aromatic carbocycles. The number of amides is 1. The Morgan fingerprint density at radius 1 is 1.26 bits per heavy atom. The average Bonchev–Trinajstić information content (AvgIpc) is 3.23. The van der Waals surface area contributed by atoms with Crippen LogP contribution in [0.3, 0.4) is 0 Å². The molecule has 0 bridgehead atoms. The number of nitrogens with one attached hydrogen (secondary N) is 1. The zero-order valence-corrected chi connectivity index (χ0v) is 17.0. The number of morpholine rings is 1. The van der Waals surface area contributed by atoms with Gasteiger partial charge >= 0.3 is 0 Å². The van der Waals surface area contributed by atoms with Gasteiger partial charge in [-0.15, -0.1) is 0 Å². The summed E-state index contributed by atoms with van der Waals surface area (Å²) < 4.78 is 5.54. The number of ether oxygens (including phenoxy) is 1. The molecule has 150 valence electrons. The topological polar surface area (TPSA) is 54.5 Å². The van der Waals surface area contributed by atoms with Crippen molar-refractivity contribution in [3.8, 4) is 0 Å². The van der Waals surface area contributed by atoms with Gasteiger partial charge in [-0.1, -0.05) is 45.6 Å². The summed E-state index contributed by atoms with van der Waals surface area (Å²) in [5.74, 6) is 0.790. The molecule has 2 aliphatic rings. The van der Waals surface area contributed by atoms with Crippen molar-refractivity contribution in [1.29, 1.82) is 0 Å². The van der Waals surface area contributed by atoms with Crippen molar-refractivity contribution >= 4 is 5.91 Å². The first-order valence-corrected chi connectivity index (χ1v) is 10.7. The smallest absolute Gasteiger partial charge is 0.230 e. The minimum absolute atomic E-state index is 0.192. The monoisotopic (exact) mass is 373 g/mol. The number of nitrogens with zero attached hydrogens (tertiary/aromatic N) is 2. The van der Waals surface area contributed by atoms with Crippen LogP contribution in [0.15, 0.2) is 24.5 Å². The molecule has 1 N–H and O–H groups in total. The quantitative estimate of drug-likeness (QED) is 0.761. The molecule has 1 aliphatic carbocycles. The summed E-state index contributed by atoms with van der Waals surface area (Å²) in [4.78, 5) is 20.2. The van der Waals surface area contributed by atoms with Gasteiger partial charge in [0.15, 0.2) is 0 Å². The molecule has 1 aliphatic heterocycles. The summed E-state index contributed by atoms with van der Waals surface area (Å²) in [5.41, 5.74) is 0.683. The van der Waals surface area contributed by atoms with Crippen LogP contribution in [-0.4, -0.2) is 54.7 Å². The lowest BCUT2D eigenvalue weighted by atomic mass is 9.78. The first-order valence-electron chi connectivity index (χ1n) is 10.7. The summed E-state index contributed by atoms with van der Waals surface area (Å²) in [6, 6.07) is 4.40. The molecule has 0 radical (unpaired) electrons. The van der Waals surface area contributed by atoms with E-state index in [-0.39, 0.29) is 5.91 Å². The molecule has 27 heavy (non-hydrogen) atoms. The van der Waals surface area contributed by atoms with Crippen LogP contribution in [0.4, 0.5) is 0 Å². The van der Waals surface area contributed by atoms with Crippen molar-refractivity contribution in [2.45, 2.75) is 63.8 Å². The number of aromatic nitrogens is 1. The molecule has 1 saturated carbocycles. The van der Waals surface area contributed by atoms with Gasteiger partial charge < -0.3 is 10.1 Å². The number of hydrogen-bond acceptors (Lipinski definition) is 4. The van der Waals surface area contributed by atoms with E-state index in [1.165, 1.54) is 0 Å². The molecule has 5 heteroatoms. The third-order valence-electron chi connectivity index (χ3n) is 6.69. The zero-order chi connectivity index (χ0) is 19.1. The summed E-state index contributed by atoms with van der Waals surface area (Å²) in [5, 5.41) is 3.36. The molecule has 5 nitrogen and oxygen atoms in total. The van der Waals surface area contributed by atoms with Crippen LogP contribution >= 0.6 is 0 Å². The van der Waals surface area contributed by atoms with E-state index in [0.717, 1.165) is 76.9 Å². The lowest BCUT2D eigenvalue weighted by molar-refractivity contribution is -0.127. The van der Waals surface area contributed by atoms with Crippen LogP contribution in [-0.2, 0) is 14.9 Å². The van der Waals surface area contributed by atoms with Crippen LogP contribution in [0.2, 0.25) is 0 Å². The van der Waals surface area contributed by atoms with E-state index in [4.69, 9.17) is 4.74 Å². The summed E-state index contributed by atoms with van der Waals surface area (Å²) >= 11 is 0. The first kappa shape index (κ1) is 20.3. The molecule has 1 amide bonds. The summed E-state index contributed by atoms with van der Waals surface area (Å²) in [6.45, 7) is 8.77. The van der Waals surface area contributed by atoms with Gasteiger partial charge in [0.25, 0.3) is 0 Å². The standard InChI is InChI=1S/C22H35N3O2/c1-3-18(4-2)20(25-12-14-27-15-13-25)17-24-21(26)22(9-5-6-10-22)19-8-7-11-23-16-19/h7-8,11,16,18,20H,3-6,9-10,12-15,17H2,1-2H3,(H,24,26)/t20-/m1/s1. The van der Waals surface area contributed by atoms with E-state index in [1.807, 2.05) is 12.3 Å². The molecule has 2 heterocycles. The van der Waals surface area contributed by atoms with Crippen molar-refractivity contribution < 1.29 is 9.53 Å². The van der Waals surface area contributed by atoms with E-state index in [2.05, 4.69) is 35.1 Å². The summed E-state index contributed by atoms with van der Waals surface area (Å²) in [7, 11) is 0. The molecule has 1 aromatic rings. The fourth-order valence-corrected chi connectivity index (χ4v) is 4.97. The maximum absolute atomic E-state index is 13.4. The highest BCUT2D eigenvalue weighted by molar-refractivity contribution is 5.88. The molecular weight excluding hydrogens is 338 g/mol. The normalized spacial score (nSPS) is 21.3. The fraction of sp³-hybridized carbons (Fsp3) is 0.727. The predicted molar refractivity (Wildman–Crippen MR) is 108 cm³/mol. The minimum atomic E-state index is -0.391. The molecule has 1 atom stereocenters. The van der Waals surface area contributed by atoms with Crippen molar-refractivity contribution in [3.05, 3.63) is 30.1 Å². The van der Waals surface area contributed by atoms with Gasteiger partial charge in [-0.25, -0.2) is 0 Å². The molecule has 2 fully saturated rings. The Morgan fingerprint density at radius 2 is 1.96 bits per heavy atom. The number of carbonyl (C=O) groups is 1. The van der Waals surface area contributed by atoms with Crippen LogP contribution in [0.1, 0.15) is 57.9 Å². The van der Waals surface area contributed by atoms with Crippen LogP contribution in [0.5, 0.6) is 0 Å². The Hall–Kier alpha value is -1.46. The second-order valence-corrected chi connectivity index (χ2v) is 8.03. The zero-order valence-electron chi connectivity index (χ0n) is 17.0. The van der Waals surface area contributed by atoms with E-state index in [1.54, 1.807) is 6.20 Å². The molecule has 3 rings (SSSR count). The fourth-order valence-electron chi connectivity index (χ4n) is 4.97. The van der Waals surface area contributed by atoms with E-state index in [0.29, 0.717) is 12.0 Å². The number of rotatable bonds is 8. The molecule has 1 saturated heterocycles. The van der Waals surface area contributed by atoms with Gasteiger partial charge in [0.2, 0.25) is 5.91 Å². The third kappa shape index (κ3) is 4.52. The second kappa shape index (κ2) is 9.65. The van der Waals surface area contributed by atoms with Gasteiger partial charge in [0.05, 0.1) is 18.6 Å². The molecule has 1 aromatic heterocycles. The van der Waals surface area contributed by atoms with E-state index >= 15 is 0 Å². The molecular formula is C22H35N3O2.